The highest BCUT2D eigenvalue weighted by Gasteiger charge is 2.34. The van der Waals surface area contributed by atoms with Crippen molar-refractivity contribution in [3.05, 3.63) is 12.2 Å². The Bertz CT molecular complexity index is 353. The molecule has 3 atom stereocenters. The summed E-state index contributed by atoms with van der Waals surface area (Å²) in [6.45, 7) is 7.58. The smallest absolute Gasteiger partial charge is 0.242 e. The fourth-order valence-electron chi connectivity index (χ4n) is 2.04. The highest BCUT2D eigenvalue weighted by Crippen LogP contribution is 2.17. The Kier molecular flexibility index (Phi) is 8.15. The maximum Gasteiger partial charge on any atom is 0.242 e. The molecule has 0 spiro atoms. The molecule has 116 valence electrons. The van der Waals surface area contributed by atoms with Gasteiger partial charge in [0.2, 0.25) is 11.8 Å². The van der Waals surface area contributed by atoms with E-state index in [2.05, 4.69) is 0 Å². The number of carbonyl (C=O) groups excluding carboxylic acids is 2. The van der Waals surface area contributed by atoms with Crippen molar-refractivity contribution in [1.29, 1.82) is 0 Å². The van der Waals surface area contributed by atoms with E-state index >= 15 is 0 Å². The molecule has 3 N–H and O–H groups in total. The van der Waals surface area contributed by atoms with Gasteiger partial charge in [-0.1, -0.05) is 32.9 Å². The topological polar surface area (TPSA) is 83.6 Å². The van der Waals surface area contributed by atoms with Crippen molar-refractivity contribution >= 4 is 11.8 Å². The van der Waals surface area contributed by atoms with E-state index in [-0.39, 0.29) is 17.7 Å². The van der Waals surface area contributed by atoms with Crippen LogP contribution in [0.5, 0.6) is 0 Å². The molecular weight excluding hydrogens is 256 g/mol. The zero-order valence-corrected chi connectivity index (χ0v) is 13.2. The largest absolute Gasteiger partial charge is 0.390 e. The van der Waals surface area contributed by atoms with E-state index in [1.54, 1.807) is 0 Å². The third-order valence-electron chi connectivity index (χ3n) is 3.34. The summed E-state index contributed by atoms with van der Waals surface area (Å²) in [5.74, 6) is -0.820. The van der Waals surface area contributed by atoms with Crippen LogP contribution in [0.3, 0.4) is 0 Å². The number of primary amides is 1. The van der Waals surface area contributed by atoms with Crippen LogP contribution in [-0.2, 0) is 9.59 Å². The second-order valence-electron chi connectivity index (χ2n) is 5.72. The van der Waals surface area contributed by atoms with Gasteiger partial charge >= 0.3 is 0 Å². The summed E-state index contributed by atoms with van der Waals surface area (Å²) in [5.41, 5.74) is 5.36. The number of allylic oxidation sites excluding steroid dienone is 2. The molecule has 1 unspecified atom stereocenters. The summed E-state index contributed by atoms with van der Waals surface area (Å²) in [6.07, 6.45) is 3.80. The number of carbonyl (C=O) groups is 2. The molecular formula is C15H28N2O3. The molecule has 0 aromatic rings. The second-order valence-corrected chi connectivity index (χ2v) is 5.72. The molecule has 0 fully saturated rings. The maximum atomic E-state index is 12.0. The van der Waals surface area contributed by atoms with Crippen LogP contribution >= 0.6 is 0 Å². The van der Waals surface area contributed by atoms with Crippen LogP contribution in [0, 0.1) is 11.8 Å². The average Bonchev–Trinajstić information content (AvgIpc) is 2.34. The van der Waals surface area contributed by atoms with Gasteiger partial charge in [0, 0.05) is 13.5 Å². The summed E-state index contributed by atoms with van der Waals surface area (Å²) in [7, 11) is 1.52. The van der Waals surface area contributed by atoms with Crippen LogP contribution in [0.25, 0.3) is 0 Å². The van der Waals surface area contributed by atoms with E-state index < -0.39 is 18.1 Å². The van der Waals surface area contributed by atoms with E-state index in [9.17, 15) is 14.7 Å². The highest BCUT2D eigenvalue weighted by atomic mass is 16.3. The molecule has 5 nitrogen and oxygen atoms in total. The van der Waals surface area contributed by atoms with Crippen molar-refractivity contribution in [2.45, 2.75) is 52.7 Å². The van der Waals surface area contributed by atoms with E-state index in [0.29, 0.717) is 12.8 Å². The van der Waals surface area contributed by atoms with Crippen molar-refractivity contribution in [3.63, 3.8) is 0 Å². The number of aliphatic hydroxyl groups excluding tert-OH is 1. The Morgan fingerprint density at radius 3 is 2.25 bits per heavy atom. The van der Waals surface area contributed by atoms with Crippen LogP contribution in [0.2, 0.25) is 0 Å². The molecule has 5 heteroatoms. The lowest BCUT2D eigenvalue weighted by Crippen LogP contribution is -2.54. The summed E-state index contributed by atoms with van der Waals surface area (Å²) in [4.78, 5) is 24.9. The molecule has 0 rings (SSSR count). The van der Waals surface area contributed by atoms with E-state index in [1.807, 2.05) is 39.8 Å². The first-order chi connectivity index (χ1) is 9.22. The SMILES string of the molecule is C/C=C/C[C@@H](C)[C@@H](O)C(C(N)=O)N(C)C(=O)CC(C)C. The van der Waals surface area contributed by atoms with Gasteiger partial charge in [0.25, 0.3) is 0 Å². The number of rotatable bonds is 8. The first-order valence-corrected chi connectivity index (χ1v) is 7.06. The number of likely N-dealkylation sites (N-methyl/N-ethyl adjacent to an activating group) is 1. The van der Waals surface area contributed by atoms with Crippen LogP contribution in [0.4, 0.5) is 0 Å². The van der Waals surface area contributed by atoms with E-state index in [1.165, 1.54) is 11.9 Å². The van der Waals surface area contributed by atoms with Crippen molar-refractivity contribution in [3.8, 4) is 0 Å². The summed E-state index contributed by atoms with van der Waals surface area (Å²) >= 11 is 0. The molecule has 0 bridgehead atoms. The van der Waals surface area contributed by atoms with Gasteiger partial charge in [-0.05, 0) is 25.2 Å². The normalized spacial score (nSPS) is 16.1. The molecule has 0 radical (unpaired) electrons. The van der Waals surface area contributed by atoms with Gasteiger partial charge in [0.15, 0.2) is 0 Å². The van der Waals surface area contributed by atoms with Crippen molar-refractivity contribution in [2.75, 3.05) is 7.05 Å². The van der Waals surface area contributed by atoms with Gasteiger partial charge in [-0.2, -0.15) is 0 Å². The van der Waals surface area contributed by atoms with Crippen LogP contribution in [-0.4, -0.2) is 41.0 Å². The van der Waals surface area contributed by atoms with Gasteiger partial charge in [-0.25, -0.2) is 0 Å². The fourth-order valence-corrected chi connectivity index (χ4v) is 2.04. The molecule has 0 aromatic carbocycles. The first-order valence-electron chi connectivity index (χ1n) is 7.06. The zero-order chi connectivity index (χ0) is 15.9. The lowest BCUT2D eigenvalue weighted by molar-refractivity contribution is -0.143. The van der Waals surface area contributed by atoms with E-state index in [4.69, 9.17) is 5.73 Å². The molecule has 0 aliphatic rings. The van der Waals surface area contributed by atoms with Crippen LogP contribution in [0.15, 0.2) is 12.2 Å². The Balaban J connectivity index is 4.94. The minimum Gasteiger partial charge on any atom is -0.390 e. The maximum absolute atomic E-state index is 12.0. The third-order valence-corrected chi connectivity index (χ3v) is 3.34. The molecule has 0 saturated heterocycles. The lowest BCUT2D eigenvalue weighted by Gasteiger charge is -2.32. The van der Waals surface area contributed by atoms with Gasteiger partial charge in [0.1, 0.15) is 6.04 Å². The molecule has 0 heterocycles. The monoisotopic (exact) mass is 284 g/mol. The number of nitrogens with zero attached hydrogens (tertiary/aromatic N) is 1. The van der Waals surface area contributed by atoms with Gasteiger partial charge in [0.05, 0.1) is 6.10 Å². The van der Waals surface area contributed by atoms with Crippen molar-refractivity contribution < 1.29 is 14.7 Å². The Morgan fingerprint density at radius 1 is 1.30 bits per heavy atom. The zero-order valence-electron chi connectivity index (χ0n) is 13.2. The summed E-state index contributed by atoms with van der Waals surface area (Å²) < 4.78 is 0. The fraction of sp³-hybridized carbons (Fsp3) is 0.733. The quantitative estimate of drug-likeness (QED) is 0.659. The number of aliphatic hydroxyl groups is 1. The van der Waals surface area contributed by atoms with Gasteiger partial charge in [-0.15, -0.1) is 0 Å². The van der Waals surface area contributed by atoms with Gasteiger partial charge in [-0.3, -0.25) is 9.59 Å². The summed E-state index contributed by atoms with van der Waals surface area (Å²) in [6, 6.07) is -0.985. The molecule has 2 amide bonds. The second kappa shape index (κ2) is 8.74. The Morgan fingerprint density at radius 2 is 1.85 bits per heavy atom. The van der Waals surface area contributed by atoms with E-state index in [0.717, 1.165) is 0 Å². The predicted octanol–water partition coefficient (Wildman–Crippen LogP) is 1.31. The molecule has 0 aliphatic carbocycles. The molecule has 0 aromatic heterocycles. The number of hydrogen-bond acceptors (Lipinski definition) is 3. The Labute approximate surface area is 121 Å². The average molecular weight is 284 g/mol. The number of amides is 2. The van der Waals surface area contributed by atoms with Crippen LogP contribution < -0.4 is 5.73 Å². The third kappa shape index (κ3) is 5.74. The summed E-state index contributed by atoms with van der Waals surface area (Å²) in [5, 5.41) is 10.3. The minimum absolute atomic E-state index is 0.155. The molecule has 0 aliphatic heterocycles. The standard InChI is InChI=1S/C15H28N2O3/c1-6-7-8-11(4)14(19)13(15(16)20)17(5)12(18)9-10(2)3/h6-7,10-11,13-14,19H,8-9H2,1-5H3,(H2,16,20)/b7-6+/t11-,13?,14-/m1/s1. The lowest BCUT2D eigenvalue weighted by atomic mass is 9.93. The van der Waals surface area contributed by atoms with Crippen molar-refractivity contribution in [2.24, 2.45) is 17.6 Å². The van der Waals surface area contributed by atoms with Crippen LogP contribution in [0.1, 0.15) is 40.5 Å². The predicted molar refractivity (Wildman–Crippen MR) is 79.8 cm³/mol. The highest BCUT2D eigenvalue weighted by molar-refractivity contribution is 5.87. The number of nitrogens with two attached hydrogens (primary N) is 1. The van der Waals surface area contributed by atoms with Gasteiger partial charge < -0.3 is 15.7 Å². The molecule has 0 saturated carbocycles. The minimum atomic E-state index is -0.985. The first kappa shape index (κ1) is 18.6. The Hall–Kier alpha value is -1.36. The number of hydrogen-bond donors (Lipinski definition) is 2. The van der Waals surface area contributed by atoms with Crippen molar-refractivity contribution in [1.82, 2.24) is 4.90 Å². The molecule has 20 heavy (non-hydrogen) atoms.